The molecule has 144 valence electrons. The third-order valence-electron chi connectivity index (χ3n) is 4.96. The predicted molar refractivity (Wildman–Crippen MR) is 106 cm³/mol. The summed E-state index contributed by atoms with van der Waals surface area (Å²) in [6.07, 6.45) is 8.53. The highest BCUT2D eigenvalue weighted by Crippen LogP contribution is 2.22. The molecule has 0 radical (unpaired) electrons. The zero-order valence-electron chi connectivity index (χ0n) is 16.0. The number of ether oxygens (including phenoxy) is 1. The highest BCUT2D eigenvalue weighted by molar-refractivity contribution is 5.76. The smallest absolute Gasteiger partial charge is 0.221 e. The Morgan fingerprint density at radius 2 is 2.18 bits per heavy atom. The maximum atomic E-state index is 12.3. The molecule has 28 heavy (non-hydrogen) atoms. The number of fused-ring (bicyclic) bond motifs is 1. The number of amides is 1. The molecule has 2 aromatic heterocycles. The van der Waals surface area contributed by atoms with Gasteiger partial charge in [-0.1, -0.05) is 12.2 Å². The van der Waals surface area contributed by atoms with Crippen molar-refractivity contribution < 1.29 is 9.53 Å². The van der Waals surface area contributed by atoms with E-state index in [0.29, 0.717) is 23.8 Å². The molecule has 3 aromatic rings. The van der Waals surface area contributed by atoms with E-state index < -0.39 is 0 Å². The van der Waals surface area contributed by atoms with Gasteiger partial charge in [-0.2, -0.15) is 0 Å². The molecule has 0 spiro atoms. The molecule has 0 fully saturated rings. The molecule has 4 rings (SSSR count). The molecule has 7 nitrogen and oxygen atoms in total. The number of nitrogens with zero attached hydrogens (tertiary/aromatic N) is 4. The van der Waals surface area contributed by atoms with E-state index in [0.717, 1.165) is 29.8 Å². The molecule has 1 aliphatic carbocycles. The van der Waals surface area contributed by atoms with E-state index in [-0.39, 0.29) is 11.9 Å². The Morgan fingerprint density at radius 3 is 2.89 bits per heavy atom. The first-order valence-corrected chi connectivity index (χ1v) is 9.45. The molecule has 1 aliphatic rings. The van der Waals surface area contributed by atoms with Gasteiger partial charge in [0.15, 0.2) is 11.5 Å². The van der Waals surface area contributed by atoms with Crippen molar-refractivity contribution in [3.05, 3.63) is 54.6 Å². The molecule has 1 amide bonds. The number of hydrogen-bond acceptors (Lipinski definition) is 5. The predicted octanol–water partition coefficient (Wildman–Crippen LogP) is 3.33. The average molecular weight is 377 g/mol. The fourth-order valence-corrected chi connectivity index (χ4v) is 3.38. The van der Waals surface area contributed by atoms with Crippen LogP contribution in [0.3, 0.4) is 0 Å². The lowest BCUT2D eigenvalue weighted by Gasteiger charge is -2.12. The Morgan fingerprint density at radius 1 is 1.36 bits per heavy atom. The molecule has 0 aliphatic heterocycles. The molecule has 0 saturated carbocycles. The number of nitrogens with one attached hydrogen (secondary N) is 1. The van der Waals surface area contributed by atoms with Gasteiger partial charge in [0, 0.05) is 18.1 Å². The van der Waals surface area contributed by atoms with Gasteiger partial charge in [0.1, 0.15) is 12.1 Å². The maximum absolute atomic E-state index is 12.3. The van der Waals surface area contributed by atoms with E-state index in [1.165, 1.54) is 0 Å². The summed E-state index contributed by atoms with van der Waals surface area (Å²) >= 11 is 0. The zero-order valence-corrected chi connectivity index (χ0v) is 16.0. The van der Waals surface area contributed by atoms with Crippen LogP contribution in [-0.4, -0.2) is 32.6 Å². The fraction of sp³-hybridized carbons (Fsp3) is 0.333. The summed E-state index contributed by atoms with van der Waals surface area (Å²) in [6, 6.07) is 9.32. The van der Waals surface area contributed by atoms with Crippen LogP contribution in [0.25, 0.3) is 16.9 Å². The number of methoxy groups -OCH3 is 1. The van der Waals surface area contributed by atoms with Crippen LogP contribution in [-0.2, 0) is 4.79 Å². The second-order valence-electron chi connectivity index (χ2n) is 7.03. The third kappa shape index (κ3) is 3.88. The Hall–Kier alpha value is -3.22. The molecular formula is C21H23N5O2. The summed E-state index contributed by atoms with van der Waals surface area (Å²) in [4.78, 5) is 21.3. The molecular weight excluding hydrogens is 354 g/mol. The van der Waals surface area contributed by atoms with E-state index in [9.17, 15) is 4.79 Å². The van der Waals surface area contributed by atoms with Crippen molar-refractivity contribution in [3.63, 3.8) is 0 Å². The lowest BCUT2D eigenvalue weighted by molar-refractivity contribution is -0.122. The first kappa shape index (κ1) is 18.2. The van der Waals surface area contributed by atoms with Crippen LogP contribution >= 0.6 is 0 Å². The molecule has 0 bridgehead atoms. The van der Waals surface area contributed by atoms with Gasteiger partial charge in [0.25, 0.3) is 0 Å². The standard InChI is InChI=1S/C21H23N5O2/c1-14(23-20(27)11-15-5-3-4-6-15)21-24-19-12-18(22-13-26(19)25-21)16-7-9-17(28-2)10-8-16/h3,5,7-10,12-15H,4,6,11H2,1-2H3,(H,23,27)/t14-,15?/m0/s1. The molecule has 2 heterocycles. The van der Waals surface area contributed by atoms with Crippen molar-refractivity contribution in [1.82, 2.24) is 24.9 Å². The second-order valence-corrected chi connectivity index (χ2v) is 7.03. The van der Waals surface area contributed by atoms with Gasteiger partial charge < -0.3 is 10.1 Å². The number of carbonyl (C=O) groups is 1. The van der Waals surface area contributed by atoms with E-state index in [1.54, 1.807) is 18.0 Å². The summed E-state index contributed by atoms with van der Waals surface area (Å²) < 4.78 is 6.82. The van der Waals surface area contributed by atoms with Crippen LogP contribution in [0.4, 0.5) is 0 Å². The Kier molecular flexibility index (Phi) is 5.06. The van der Waals surface area contributed by atoms with Crippen molar-refractivity contribution in [3.8, 4) is 17.0 Å². The van der Waals surface area contributed by atoms with Crippen molar-refractivity contribution >= 4 is 11.6 Å². The van der Waals surface area contributed by atoms with Crippen LogP contribution in [0.15, 0.2) is 48.8 Å². The quantitative estimate of drug-likeness (QED) is 0.667. The monoisotopic (exact) mass is 377 g/mol. The molecule has 0 saturated heterocycles. The van der Waals surface area contributed by atoms with E-state index in [1.807, 2.05) is 37.3 Å². The molecule has 1 unspecified atom stereocenters. The number of allylic oxidation sites excluding steroid dienone is 2. The molecule has 7 heteroatoms. The number of carbonyl (C=O) groups excluding carboxylic acids is 1. The number of hydrogen-bond donors (Lipinski definition) is 1. The summed E-state index contributed by atoms with van der Waals surface area (Å²) in [7, 11) is 1.64. The molecule has 1 N–H and O–H groups in total. The molecule has 1 aromatic carbocycles. The normalized spacial score (nSPS) is 17.0. The third-order valence-corrected chi connectivity index (χ3v) is 4.96. The summed E-state index contributed by atoms with van der Waals surface area (Å²) in [5, 5.41) is 7.45. The van der Waals surface area contributed by atoms with Crippen LogP contribution < -0.4 is 10.1 Å². The van der Waals surface area contributed by atoms with Gasteiger partial charge in [-0.25, -0.2) is 14.5 Å². The fourth-order valence-electron chi connectivity index (χ4n) is 3.38. The number of aromatic nitrogens is 4. The average Bonchev–Trinajstić information content (AvgIpc) is 3.36. The minimum absolute atomic E-state index is 0.0277. The van der Waals surface area contributed by atoms with Gasteiger partial charge in [0.2, 0.25) is 5.91 Å². The minimum Gasteiger partial charge on any atom is -0.497 e. The van der Waals surface area contributed by atoms with Crippen molar-refractivity contribution in [2.24, 2.45) is 5.92 Å². The first-order chi connectivity index (χ1) is 13.6. The van der Waals surface area contributed by atoms with E-state index >= 15 is 0 Å². The molecule has 2 atom stereocenters. The van der Waals surface area contributed by atoms with Gasteiger partial charge >= 0.3 is 0 Å². The Bertz CT molecular complexity index is 1010. The summed E-state index contributed by atoms with van der Waals surface area (Å²) in [5.41, 5.74) is 2.47. The lowest BCUT2D eigenvalue weighted by atomic mass is 10.0. The zero-order chi connectivity index (χ0) is 19.5. The Balaban J connectivity index is 1.48. The van der Waals surface area contributed by atoms with Gasteiger partial charge in [-0.05, 0) is 49.9 Å². The Labute approximate surface area is 163 Å². The summed E-state index contributed by atoms with van der Waals surface area (Å²) in [5.74, 6) is 1.74. The second kappa shape index (κ2) is 7.80. The minimum atomic E-state index is -0.262. The van der Waals surface area contributed by atoms with Crippen LogP contribution in [0.2, 0.25) is 0 Å². The maximum Gasteiger partial charge on any atom is 0.221 e. The largest absolute Gasteiger partial charge is 0.497 e. The van der Waals surface area contributed by atoms with Crippen molar-refractivity contribution in [2.75, 3.05) is 7.11 Å². The van der Waals surface area contributed by atoms with E-state index in [4.69, 9.17) is 4.74 Å². The summed E-state index contributed by atoms with van der Waals surface area (Å²) in [6.45, 7) is 1.90. The first-order valence-electron chi connectivity index (χ1n) is 9.45. The van der Waals surface area contributed by atoms with Crippen molar-refractivity contribution in [1.29, 1.82) is 0 Å². The highest BCUT2D eigenvalue weighted by Gasteiger charge is 2.18. The number of benzene rings is 1. The highest BCUT2D eigenvalue weighted by atomic mass is 16.5. The van der Waals surface area contributed by atoms with Crippen LogP contribution in [0.1, 0.15) is 38.1 Å². The van der Waals surface area contributed by atoms with Crippen LogP contribution in [0.5, 0.6) is 5.75 Å². The lowest BCUT2D eigenvalue weighted by Crippen LogP contribution is -2.28. The van der Waals surface area contributed by atoms with Gasteiger partial charge in [0.05, 0.1) is 18.8 Å². The van der Waals surface area contributed by atoms with Crippen molar-refractivity contribution in [2.45, 2.75) is 32.2 Å². The van der Waals surface area contributed by atoms with Crippen LogP contribution in [0, 0.1) is 5.92 Å². The topological polar surface area (TPSA) is 81.4 Å². The van der Waals surface area contributed by atoms with Gasteiger partial charge in [-0.15, -0.1) is 5.10 Å². The number of rotatable bonds is 6. The van der Waals surface area contributed by atoms with Gasteiger partial charge in [-0.3, -0.25) is 4.79 Å². The SMILES string of the molecule is COc1ccc(-c2cc3nc([C@H](C)NC(=O)CC4C=CCC4)nn3cn2)cc1. The van der Waals surface area contributed by atoms with E-state index in [2.05, 4.69) is 32.5 Å².